The van der Waals surface area contributed by atoms with Gasteiger partial charge in [-0.2, -0.15) is 8.78 Å². The molecule has 0 radical (unpaired) electrons. The van der Waals surface area contributed by atoms with E-state index in [9.17, 15) is 72.8 Å². The Kier molecular flexibility index (Phi) is 36.3. The van der Waals surface area contributed by atoms with Crippen LogP contribution in [0.25, 0.3) is 0 Å². The van der Waals surface area contributed by atoms with E-state index in [4.69, 9.17) is 9.84 Å². The number of carboxylic acid groups (broad SMARTS) is 1. The van der Waals surface area contributed by atoms with Gasteiger partial charge in [-0.05, 0) is 162 Å². The van der Waals surface area contributed by atoms with E-state index in [1.807, 2.05) is 12.2 Å². The summed E-state index contributed by atoms with van der Waals surface area (Å²) < 4.78 is 65.4. The Morgan fingerprint density at radius 2 is 1.03 bits per heavy atom. The Morgan fingerprint density at radius 1 is 0.580 bits per heavy atom. The number of aliphatic hydroxyl groups is 8. The number of thioether (sulfide) groups is 2. The Bertz CT molecular complexity index is 2490. The molecule has 3 aromatic carbocycles. The molecule has 0 saturated heterocycles. The highest BCUT2D eigenvalue weighted by Crippen LogP contribution is 2.42. The van der Waals surface area contributed by atoms with Gasteiger partial charge in [0.25, 0.3) is 5.92 Å². The Labute approximate surface area is 526 Å². The molecule has 0 bridgehead atoms. The average Bonchev–Trinajstić information content (AvgIpc) is 2.77. The van der Waals surface area contributed by atoms with Gasteiger partial charge in [0, 0.05) is 52.9 Å². The Balaban J connectivity index is 0.000000282. The molecule has 0 unspecified atom stereocenters. The number of esters is 1. The Hall–Kier alpha value is -4.35. The van der Waals surface area contributed by atoms with Crippen LogP contribution >= 0.6 is 23.5 Å². The molecule has 3 aliphatic rings. The molecule has 3 aliphatic carbocycles. The lowest BCUT2D eigenvalue weighted by atomic mass is 9.85. The third-order valence-electron chi connectivity index (χ3n) is 16.9. The monoisotopic (exact) mass is 1280 g/mol. The molecule has 14 atom stereocenters. The number of allylic oxidation sites excluding steroid dienone is 2. The zero-order valence-corrected chi connectivity index (χ0v) is 52.8. The number of benzene rings is 3. The molecule has 0 aliphatic heterocycles. The average molecular weight is 1280 g/mol. The molecule has 3 saturated carbocycles. The molecule has 9 N–H and O–H groups in total. The zero-order valence-electron chi connectivity index (χ0n) is 51.2. The first kappa shape index (κ1) is 76.1. The SMILES string of the molecule is CC(=O)CCCCCC[C@@H]1[C@@H](CC[C@@H](O)CSc2ccccc2F)[C@H](O)C[C@@H]1O.COC(=O)CCCCCC[C@@H]1[C@@H](CC[C@@H](O)CSc2ccccc2F)[C@H](O)C[C@@H]1O.O=C(O)CCC/C=C\C[C@@H]1[C@@H](/C=C/C(F)(F)COc2ccccc2)[C@H](O)C[C@@H]1O. The number of halogens is 4. The number of alkyl halides is 2. The maximum atomic E-state index is 14.2. The van der Waals surface area contributed by atoms with Crippen LogP contribution in [0.15, 0.2) is 113 Å². The van der Waals surface area contributed by atoms with Crippen molar-refractivity contribution >= 4 is 41.2 Å². The van der Waals surface area contributed by atoms with Gasteiger partial charge >= 0.3 is 11.9 Å². The molecule has 0 amide bonds. The van der Waals surface area contributed by atoms with Gasteiger partial charge < -0.3 is 60.2 Å². The van der Waals surface area contributed by atoms with Crippen molar-refractivity contribution in [2.24, 2.45) is 35.5 Å². The number of hydrogen-bond donors (Lipinski definition) is 9. The van der Waals surface area contributed by atoms with E-state index >= 15 is 0 Å². The maximum absolute atomic E-state index is 14.2. The number of carbonyl (C=O) groups is 3. The molecule has 0 spiro atoms. The van der Waals surface area contributed by atoms with E-state index < -0.39 is 73.2 Å². The third-order valence-corrected chi connectivity index (χ3v) is 19.3. The van der Waals surface area contributed by atoms with Crippen LogP contribution in [0.4, 0.5) is 17.6 Å². The van der Waals surface area contributed by atoms with Crippen LogP contribution in [0.5, 0.6) is 5.75 Å². The van der Waals surface area contributed by atoms with Crippen LogP contribution in [0.3, 0.4) is 0 Å². The topological polar surface area (TPSA) is 252 Å². The fraction of sp³-hybridized carbons (Fsp3) is 0.632. The molecule has 20 heteroatoms. The molecule has 494 valence electrons. The summed E-state index contributed by atoms with van der Waals surface area (Å²) in [4.78, 5) is 33.6. The summed E-state index contributed by atoms with van der Waals surface area (Å²) in [6.45, 7) is 0.803. The van der Waals surface area contributed by atoms with Crippen molar-refractivity contribution in [3.63, 3.8) is 0 Å². The van der Waals surface area contributed by atoms with Gasteiger partial charge in [-0.15, -0.1) is 23.5 Å². The predicted octanol–water partition coefficient (Wildman–Crippen LogP) is 12.1. The van der Waals surface area contributed by atoms with Crippen LogP contribution in [-0.4, -0.2) is 144 Å². The van der Waals surface area contributed by atoms with Gasteiger partial charge in [0.15, 0.2) is 6.61 Å². The summed E-state index contributed by atoms with van der Waals surface area (Å²) in [7, 11) is 1.39. The number of aliphatic carboxylic acids is 1. The molecule has 3 aromatic rings. The van der Waals surface area contributed by atoms with Crippen LogP contribution in [-0.2, 0) is 19.1 Å². The fourth-order valence-corrected chi connectivity index (χ4v) is 13.9. The van der Waals surface area contributed by atoms with Gasteiger partial charge in [0.05, 0.1) is 55.9 Å². The summed E-state index contributed by atoms with van der Waals surface area (Å²) in [6, 6.07) is 21.4. The highest BCUT2D eigenvalue weighted by Gasteiger charge is 2.43. The summed E-state index contributed by atoms with van der Waals surface area (Å²) in [6.07, 6.45) is 16.0. The second-order valence-corrected chi connectivity index (χ2v) is 26.0. The lowest BCUT2D eigenvalue weighted by Gasteiger charge is -2.24. The zero-order chi connectivity index (χ0) is 64.4. The van der Waals surface area contributed by atoms with Crippen LogP contribution in [0.2, 0.25) is 0 Å². The van der Waals surface area contributed by atoms with Crippen molar-refractivity contribution < 1.29 is 87.4 Å². The van der Waals surface area contributed by atoms with E-state index in [1.54, 1.807) is 73.7 Å². The van der Waals surface area contributed by atoms with Gasteiger partial charge in [-0.3, -0.25) is 9.59 Å². The minimum Gasteiger partial charge on any atom is -0.487 e. The minimum absolute atomic E-state index is 0.00432. The number of aliphatic hydroxyl groups excluding tert-OH is 8. The number of rotatable bonds is 37. The number of ether oxygens (including phenoxy) is 2. The molecule has 0 heterocycles. The highest BCUT2D eigenvalue weighted by atomic mass is 32.2. The largest absolute Gasteiger partial charge is 0.487 e. The minimum atomic E-state index is -3.21. The molecule has 0 aromatic heterocycles. The molecule has 6 rings (SSSR count). The molecular formula is C68H98F4O14S2. The number of carboxylic acids is 1. The third kappa shape index (κ3) is 29.3. The summed E-state index contributed by atoms with van der Waals surface area (Å²) in [5.41, 5.74) is 0. The number of methoxy groups -OCH3 is 1. The van der Waals surface area contributed by atoms with Gasteiger partial charge in [0.2, 0.25) is 0 Å². The van der Waals surface area contributed by atoms with Crippen LogP contribution in [0, 0.1) is 47.1 Å². The Morgan fingerprint density at radius 3 is 1.52 bits per heavy atom. The number of hydrogen-bond acceptors (Lipinski definition) is 15. The van der Waals surface area contributed by atoms with Gasteiger partial charge in [0.1, 0.15) is 23.2 Å². The van der Waals surface area contributed by atoms with E-state index in [2.05, 4.69) is 4.74 Å². The number of para-hydroxylation sites is 1. The van der Waals surface area contributed by atoms with E-state index in [-0.39, 0.29) is 65.8 Å². The lowest BCUT2D eigenvalue weighted by Crippen LogP contribution is -2.25. The van der Waals surface area contributed by atoms with Crippen molar-refractivity contribution in [3.8, 4) is 5.75 Å². The number of Topliss-reactive ketones (excluding diaryl/α,β-unsaturated/α-hetero) is 1. The number of carbonyl (C=O) groups excluding carboxylic acids is 2. The van der Waals surface area contributed by atoms with Crippen LogP contribution < -0.4 is 4.74 Å². The molecular weight excluding hydrogens is 1180 g/mol. The van der Waals surface area contributed by atoms with Gasteiger partial charge in [-0.25, -0.2) is 8.78 Å². The van der Waals surface area contributed by atoms with Crippen molar-refractivity contribution in [2.75, 3.05) is 25.2 Å². The first-order valence-electron chi connectivity index (χ1n) is 31.5. The summed E-state index contributed by atoms with van der Waals surface area (Å²) in [5, 5.41) is 91.0. The van der Waals surface area contributed by atoms with E-state index in [0.717, 1.165) is 70.3 Å². The lowest BCUT2D eigenvalue weighted by molar-refractivity contribution is -0.141. The molecule has 14 nitrogen and oxygen atoms in total. The number of ketones is 1. The van der Waals surface area contributed by atoms with E-state index in [0.29, 0.717) is 97.7 Å². The molecule has 3 fully saturated rings. The van der Waals surface area contributed by atoms with Crippen molar-refractivity contribution in [1.29, 1.82) is 0 Å². The summed E-state index contributed by atoms with van der Waals surface area (Å²) in [5.74, 6) is -4.31. The second-order valence-electron chi connectivity index (χ2n) is 23.9. The fourth-order valence-electron chi connectivity index (χ4n) is 12.1. The van der Waals surface area contributed by atoms with E-state index in [1.165, 1.54) is 48.8 Å². The first-order valence-corrected chi connectivity index (χ1v) is 33.4. The number of unbranched alkanes of at least 4 members (excludes halogenated alkanes) is 7. The smallest absolute Gasteiger partial charge is 0.305 e. The van der Waals surface area contributed by atoms with Gasteiger partial charge in [-0.1, -0.05) is 99.2 Å². The quantitative estimate of drug-likeness (QED) is 0.00856. The first-order chi connectivity index (χ1) is 42.1. The second kappa shape index (κ2) is 41.9. The van der Waals surface area contributed by atoms with Crippen molar-refractivity contribution in [3.05, 3.63) is 115 Å². The summed E-state index contributed by atoms with van der Waals surface area (Å²) >= 11 is 2.60. The predicted molar refractivity (Wildman–Crippen MR) is 335 cm³/mol. The highest BCUT2D eigenvalue weighted by molar-refractivity contribution is 7.99. The molecule has 88 heavy (non-hydrogen) atoms. The van der Waals surface area contributed by atoms with Crippen molar-refractivity contribution in [2.45, 2.75) is 219 Å². The van der Waals surface area contributed by atoms with Crippen LogP contribution in [0.1, 0.15) is 155 Å². The standard InChI is InChI=1S/C23H35FO5S.C23H35FO4S.C22H28F2O5/c1-29-23(28)11-5-3-2-4-8-17-18(21(27)14-20(17)26)13-12-16(25)15-30-22-10-7-6-9-19(22)24;1-16(25)8-4-2-3-5-9-18-19(22(28)14-21(18)27)13-12-17(26)15-29-23-11-7-6-10-20(23)24;23-22(24,15-29-16-8-4-3-5-9-16)13-12-18-17(19(25)14-20(18)26)10-6-1-2-7-11-21(27)28/h6-7,9-10,16-18,20-21,25-27H,2-5,8,11-15H2,1H3;6-7,10-11,17-19,21-22,26-28H,2-5,8-9,12-15H2,1H3;1,3-6,8-9,12-13,17-20,25-26H,2,7,10-11,14-15H2,(H,27,28)/b;;6-1-,13-12+/t16-,17-,18-,20+,21-;17-,18-,19-,21+,22-;17-,18-,19+,20-/m111/s1. The van der Waals surface area contributed by atoms with Crippen molar-refractivity contribution in [1.82, 2.24) is 0 Å². The maximum Gasteiger partial charge on any atom is 0.305 e. The normalized spacial score (nSPS) is 25.0.